The minimum Gasteiger partial charge on any atom is -0.479 e. The molecule has 0 atom stereocenters. The molecule has 0 radical (unpaired) electrons. The van der Waals surface area contributed by atoms with Gasteiger partial charge in [0.25, 0.3) is 0 Å². The molecule has 2 rings (SSSR count). The zero-order valence-electron chi connectivity index (χ0n) is 9.18. The first-order valence-electron chi connectivity index (χ1n) is 4.87. The van der Waals surface area contributed by atoms with Gasteiger partial charge in [-0.05, 0) is 23.8 Å². The number of pyridine rings is 1. The van der Waals surface area contributed by atoms with E-state index in [0.717, 1.165) is 0 Å². The van der Waals surface area contributed by atoms with Gasteiger partial charge in [-0.3, -0.25) is 0 Å². The van der Waals surface area contributed by atoms with Crippen molar-refractivity contribution in [2.45, 2.75) is 0 Å². The highest BCUT2D eigenvalue weighted by molar-refractivity contribution is 6.48. The van der Waals surface area contributed by atoms with E-state index in [-0.39, 0.29) is 10.9 Å². The molecule has 2 aromatic rings. The van der Waals surface area contributed by atoms with E-state index in [2.05, 4.69) is 4.98 Å². The molecule has 1 aromatic heterocycles. The van der Waals surface area contributed by atoms with Gasteiger partial charge in [0.2, 0.25) is 5.88 Å². The fourth-order valence-corrected chi connectivity index (χ4v) is 2.05. The topological polar surface area (TPSA) is 22.1 Å². The molecule has 0 aliphatic carbocycles. The van der Waals surface area contributed by atoms with Crippen molar-refractivity contribution in [2.24, 2.45) is 0 Å². The van der Waals surface area contributed by atoms with Gasteiger partial charge in [-0.25, -0.2) is 9.37 Å². The summed E-state index contributed by atoms with van der Waals surface area (Å²) < 4.78 is 18.3. The highest BCUT2D eigenvalue weighted by Gasteiger charge is 2.10. The number of ether oxygens (including phenoxy) is 1. The largest absolute Gasteiger partial charge is 0.479 e. The standard InChI is InChI=1S/C12H7Cl3FNO/c1-18-12-10(16)4-7(5-17-12)6-2-8(13)11(15)9(14)3-6/h2-5H,1H3. The number of nitrogens with zero attached hydrogens (tertiary/aromatic N) is 1. The van der Waals surface area contributed by atoms with Crippen molar-refractivity contribution in [3.8, 4) is 17.0 Å². The molecule has 0 fully saturated rings. The lowest BCUT2D eigenvalue weighted by atomic mass is 10.1. The van der Waals surface area contributed by atoms with Crippen LogP contribution in [-0.2, 0) is 0 Å². The van der Waals surface area contributed by atoms with Crippen LogP contribution in [-0.4, -0.2) is 12.1 Å². The maximum absolute atomic E-state index is 13.5. The van der Waals surface area contributed by atoms with Crippen molar-refractivity contribution in [3.63, 3.8) is 0 Å². The second kappa shape index (κ2) is 5.31. The highest BCUT2D eigenvalue weighted by Crippen LogP contribution is 2.35. The van der Waals surface area contributed by atoms with Gasteiger partial charge in [-0.15, -0.1) is 0 Å². The predicted molar refractivity (Wildman–Crippen MR) is 71.2 cm³/mol. The van der Waals surface area contributed by atoms with Crippen LogP contribution in [0.3, 0.4) is 0 Å². The Labute approximate surface area is 118 Å². The first-order valence-corrected chi connectivity index (χ1v) is 6.00. The number of methoxy groups -OCH3 is 1. The van der Waals surface area contributed by atoms with Gasteiger partial charge in [0.05, 0.1) is 22.2 Å². The Morgan fingerprint density at radius 3 is 2.17 bits per heavy atom. The van der Waals surface area contributed by atoms with Crippen molar-refractivity contribution in [1.82, 2.24) is 4.98 Å². The molecule has 0 saturated carbocycles. The summed E-state index contributed by atoms with van der Waals surface area (Å²) >= 11 is 17.7. The molecular formula is C12H7Cl3FNO. The summed E-state index contributed by atoms with van der Waals surface area (Å²) in [6.07, 6.45) is 1.47. The normalized spacial score (nSPS) is 10.5. The van der Waals surface area contributed by atoms with Gasteiger partial charge in [-0.2, -0.15) is 0 Å². The Kier molecular flexibility index (Phi) is 3.95. The third-order valence-electron chi connectivity index (χ3n) is 2.32. The molecule has 0 bridgehead atoms. The number of halogens is 4. The maximum Gasteiger partial charge on any atom is 0.250 e. The fourth-order valence-electron chi connectivity index (χ4n) is 1.46. The summed E-state index contributed by atoms with van der Waals surface area (Å²) in [4.78, 5) is 3.84. The van der Waals surface area contributed by atoms with Crippen molar-refractivity contribution < 1.29 is 9.13 Å². The Morgan fingerprint density at radius 1 is 1.06 bits per heavy atom. The summed E-state index contributed by atoms with van der Waals surface area (Å²) in [5.74, 6) is -0.623. The number of aromatic nitrogens is 1. The maximum atomic E-state index is 13.5. The van der Waals surface area contributed by atoms with Crippen LogP contribution in [0.2, 0.25) is 15.1 Å². The Bertz CT molecular complexity index is 581. The lowest BCUT2D eigenvalue weighted by Crippen LogP contribution is -1.92. The van der Waals surface area contributed by atoms with E-state index in [1.54, 1.807) is 12.1 Å². The SMILES string of the molecule is COc1ncc(-c2cc(Cl)c(Cl)c(Cl)c2)cc1F. The molecule has 2 nitrogen and oxygen atoms in total. The smallest absolute Gasteiger partial charge is 0.250 e. The molecule has 0 aliphatic heterocycles. The average Bonchev–Trinajstić information content (AvgIpc) is 2.35. The van der Waals surface area contributed by atoms with E-state index < -0.39 is 5.82 Å². The van der Waals surface area contributed by atoms with Crippen molar-refractivity contribution in [3.05, 3.63) is 45.3 Å². The van der Waals surface area contributed by atoms with Crippen LogP contribution in [0.4, 0.5) is 4.39 Å². The van der Waals surface area contributed by atoms with E-state index >= 15 is 0 Å². The minimum absolute atomic E-state index is 0.0649. The highest BCUT2D eigenvalue weighted by atomic mass is 35.5. The molecule has 6 heteroatoms. The molecule has 0 aliphatic rings. The van der Waals surface area contributed by atoms with Crippen molar-refractivity contribution >= 4 is 34.8 Å². The van der Waals surface area contributed by atoms with Crippen LogP contribution in [0.15, 0.2) is 24.4 Å². The summed E-state index contributed by atoms with van der Waals surface area (Å²) in [6.45, 7) is 0. The van der Waals surface area contributed by atoms with Gasteiger partial charge < -0.3 is 4.74 Å². The zero-order valence-corrected chi connectivity index (χ0v) is 11.4. The lowest BCUT2D eigenvalue weighted by Gasteiger charge is -2.07. The van der Waals surface area contributed by atoms with Gasteiger partial charge in [-0.1, -0.05) is 34.8 Å². The van der Waals surface area contributed by atoms with Crippen LogP contribution in [0.5, 0.6) is 5.88 Å². The van der Waals surface area contributed by atoms with Gasteiger partial charge >= 0.3 is 0 Å². The van der Waals surface area contributed by atoms with Crippen LogP contribution >= 0.6 is 34.8 Å². The summed E-state index contributed by atoms with van der Waals surface area (Å²) in [5.41, 5.74) is 1.16. The molecule has 0 amide bonds. The molecule has 0 saturated heterocycles. The average molecular weight is 307 g/mol. The van der Waals surface area contributed by atoms with E-state index in [1.807, 2.05) is 0 Å². The zero-order chi connectivity index (χ0) is 13.3. The monoisotopic (exact) mass is 305 g/mol. The Balaban J connectivity index is 2.52. The molecule has 18 heavy (non-hydrogen) atoms. The second-order valence-electron chi connectivity index (χ2n) is 3.47. The van der Waals surface area contributed by atoms with Gasteiger partial charge in [0.1, 0.15) is 0 Å². The summed E-state index contributed by atoms with van der Waals surface area (Å²) in [7, 11) is 1.35. The van der Waals surface area contributed by atoms with Crippen molar-refractivity contribution in [2.75, 3.05) is 7.11 Å². The first-order chi connectivity index (χ1) is 8.52. The molecule has 1 aromatic carbocycles. The molecule has 1 heterocycles. The van der Waals surface area contributed by atoms with E-state index in [9.17, 15) is 4.39 Å². The number of benzene rings is 1. The van der Waals surface area contributed by atoms with Crippen LogP contribution in [0, 0.1) is 5.82 Å². The number of hydrogen-bond donors (Lipinski definition) is 0. The first kappa shape index (κ1) is 13.4. The fraction of sp³-hybridized carbons (Fsp3) is 0.0833. The molecule has 0 unspecified atom stereocenters. The van der Waals surface area contributed by atoms with E-state index in [1.165, 1.54) is 19.4 Å². The van der Waals surface area contributed by atoms with E-state index in [4.69, 9.17) is 39.5 Å². The quantitative estimate of drug-likeness (QED) is 0.739. The van der Waals surface area contributed by atoms with Crippen LogP contribution in [0.25, 0.3) is 11.1 Å². The summed E-state index contributed by atoms with van der Waals surface area (Å²) in [5, 5.41) is 0.870. The van der Waals surface area contributed by atoms with Gasteiger partial charge in [0.15, 0.2) is 5.82 Å². The number of hydrogen-bond acceptors (Lipinski definition) is 2. The second-order valence-corrected chi connectivity index (χ2v) is 4.66. The van der Waals surface area contributed by atoms with Crippen molar-refractivity contribution in [1.29, 1.82) is 0 Å². The molecule has 0 N–H and O–H groups in total. The Hall–Kier alpha value is -1.03. The van der Waals surface area contributed by atoms with Crippen LogP contribution < -0.4 is 4.74 Å². The minimum atomic E-state index is -0.558. The predicted octanol–water partition coefficient (Wildman–Crippen LogP) is 4.86. The molecule has 0 spiro atoms. The lowest BCUT2D eigenvalue weighted by molar-refractivity contribution is 0.369. The van der Waals surface area contributed by atoms with Gasteiger partial charge in [0, 0.05) is 11.8 Å². The Morgan fingerprint density at radius 2 is 1.67 bits per heavy atom. The van der Waals surface area contributed by atoms with E-state index in [0.29, 0.717) is 21.2 Å². The third kappa shape index (κ3) is 2.53. The summed E-state index contributed by atoms with van der Waals surface area (Å²) in [6, 6.07) is 4.49. The molecular weight excluding hydrogens is 299 g/mol. The third-order valence-corrected chi connectivity index (χ3v) is 3.51. The number of rotatable bonds is 2. The molecule has 94 valence electrons. The van der Waals surface area contributed by atoms with Crippen LogP contribution in [0.1, 0.15) is 0 Å².